The van der Waals surface area contributed by atoms with Crippen molar-refractivity contribution in [2.45, 2.75) is 32.1 Å². The van der Waals surface area contributed by atoms with Crippen LogP contribution in [0.25, 0.3) is 0 Å². The van der Waals surface area contributed by atoms with Crippen molar-refractivity contribution < 1.29 is 13.3 Å². The molecule has 1 aromatic rings. The van der Waals surface area contributed by atoms with E-state index in [1.54, 1.807) is 20.8 Å². The zero-order chi connectivity index (χ0) is 14.1. The first-order chi connectivity index (χ1) is 8.04. The molecule has 0 radical (unpaired) electrons. The van der Waals surface area contributed by atoms with E-state index in [1.165, 1.54) is 10.9 Å². The van der Waals surface area contributed by atoms with Crippen molar-refractivity contribution in [2.75, 3.05) is 5.75 Å². The minimum Gasteiger partial charge on any atom is -0.358 e. The van der Waals surface area contributed by atoms with Crippen molar-refractivity contribution in [1.29, 1.82) is 0 Å². The Hall–Kier alpha value is -0.960. The SMILES string of the molecule is CC(C)(C)S(=O)(=O)CCn1cc(Br)c([N+](=O)[O-])n1. The van der Waals surface area contributed by atoms with Gasteiger partial charge >= 0.3 is 5.82 Å². The molecule has 0 fully saturated rings. The highest BCUT2D eigenvalue weighted by Gasteiger charge is 2.29. The lowest BCUT2D eigenvalue weighted by molar-refractivity contribution is -0.390. The Morgan fingerprint density at radius 2 is 2.06 bits per heavy atom. The minimum absolute atomic E-state index is 0.0893. The third-order valence-electron chi connectivity index (χ3n) is 2.39. The van der Waals surface area contributed by atoms with Crippen LogP contribution in [0.2, 0.25) is 0 Å². The fourth-order valence-corrected chi connectivity index (χ4v) is 2.65. The predicted molar refractivity (Wildman–Crippen MR) is 70.1 cm³/mol. The summed E-state index contributed by atoms with van der Waals surface area (Å²) in [6, 6.07) is 0. The fourth-order valence-electron chi connectivity index (χ4n) is 1.15. The van der Waals surface area contributed by atoms with E-state index in [2.05, 4.69) is 21.0 Å². The summed E-state index contributed by atoms with van der Waals surface area (Å²) < 4.78 is 24.4. The monoisotopic (exact) mass is 339 g/mol. The van der Waals surface area contributed by atoms with E-state index in [-0.39, 0.29) is 22.6 Å². The molecule has 0 aliphatic heterocycles. The average Bonchev–Trinajstić information content (AvgIpc) is 2.55. The van der Waals surface area contributed by atoms with Gasteiger partial charge in [-0.3, -0.25) is 0 Å². The first-order valence-corrected chi connectivity index (χ1v) is 7.59. The molecule has 102 valence electrons. The van der Waals surface area contributed by atoms with Crippen LogP contribution in [0, 0.1) is 10.1 Å². The van der Waals surface area contributed by atoms with E-state index in [9.17, 15) is 18.5 Å². The molecule has 7 nitrogen and oxygen atoms in total. The smallest absolute Gasteiger partial charge is 0.358 e. The molecule has 0 unspecified atom stereocenters. The second-order valence-electron chi connectivity index (χ2n) is 4.75. The van der Waals surface area contributed by atoms with E-state index in [0.29, 0.717) is 0 Å². The summed E-state index contributed by atoms with van der Waals surface area (Å²) in [7, 11) is -3.27. The first kappa shape index (κ1) is 15.1. The summed E-state index contributed by atoms with van der Waals surface area (Å²) in [6.45, 7) is 4.93. The summed E-state index contributed by atoms with van der Waals surface area (Å²) in [5.41, 5.74) is 0. The van der Waals surface area contributed by atoms with Gasteiger partial charge in [0.25, 0.3) is 0 Å². The Bertz CT molecular complexity index is 559. The van der Waals surface area contributed by atoms with Crippen molar-refractivity contribution in [2.24, 2.45) is 0 Å². The van der Waals surface area contributed by atoms with Gasteiger partial charge in [0.15, 0.2) is 9.84 Å². The maximum absolute atomic E-state index is 11.9. The van der Waals surface area contributed by atoms with Crippen LogP contribution >= 0.6 is 15.9 Å². The molecule has 0 aromatic carbocycles. The van der Waals surface area contributed by atoms with Gasteiger partial charge in [0.2, 0.25) is 0 Å². The van der Waals surface area contributed by atoms with Crippen LogP contribution in [0.4, 0.5) is 5.82 Å². The van der Waals surface area contributed by atoms with Crippen molar-refractivity contribution in [3.8, 4) is 0 Å². The van der Waals surface area contributed by atoms with E-state index < -0.39 is 19.5 Å². The Kier molecular flexibility index (Phi) is 4.16. The summed E-state index contributed by atoms with van der Waals surface area (Å²) in [5, 5.41) is 14.3. The molecule has 0 saturated heterocycles. The van der Waals surface area contributed by atoms with E-state index in [1.807, 2.05) is 0 Å². The standard InChI is InChI=1S/C9H14BrN3O4S/c1-9(2,3)18(16,17)5-4-12-6-7(10)8(11-12)13(14)15/h6H,4-5H2,1-3H3. The van der Waals surface area contributed by atoms with Gasteiger partial charge in [-0.2, -0.15) is 4.68 Å². The van der Waals surface area contributed by atoms with Gasteiger partial charge in [-0.25, -0.2) is 8.42 Å². The van der Waals surface area contributed by atoms with Crippen molar-refractivity contribution in [1.82, 2.24) is 9.78 Å². The maximum atomic E-state index is 11.9. The molecule has 0 aliphatic rings. The van der Waals surface area contributed by atoms with Gasteiger partial charge in [-0.1, -0.05) is 0 Å². The van der Waals surface area contributed by atoms with Gasteiger partial charge < -0.3 is 10.1 Å². The summed E-state index contributed by atoms with van der Waals surface area (Å²) in [5.74, 6) is -0.426. The maximum Gasteiger partial charge on any atom is 0.404 e. The number of nitrogens with zero attached hydrogens (tertiary/aromatic N) is 3. The van der Waals surface area contributed by atoms with Crippen LogP contribution in [-0.2, 0) is 16.4 Å². The molecule has 1 aromatic heterocycles. The Morgan fingerprint density at radius 1 is 1.50 bits per heavy atom. The van der Waals surface area contributed by atoms with Gasteiger partial charge in [0.1, 0.15) is 4.47 Å². The highest BCUT2D eigenvalue weighted by Crippen LogP contribution is 2.22. The quantitative estimate of drug-likeness (QED) is 0.615. The topological polar surface area (TPSA) is 95.1 Å². The molecule has 0 saturated carbocycles. The van der Waals surface area contributed by atoms with Crippen LogP contribution in [0.15, 0.2) is 10.7 Å². The molecule has 0 bridgehead atoms. The summed E-state index contributed by atoms with van der Waals surface area (Å²) in [6.07, 6.45) is 1.40. The Morgan fingerprint density at radius 3 is 2.44 bits per heavy atom. The molecule has 0 amide bonds. The van der Waals surface area contributed by atoms with E-state index >= 15 is 0 Å². The van der Waals surface area contributed by atoms with Crippen LogP contribution in [0.5, 0.6) is 0 Å². The summed E-state index contributed by atoms with van der Waals surface area (Å²) >= 11 is 3.00. The number of aryl methyl sites for hydroxylation is 1. The number of sulfone groups is 1. The highest BCUT2D eigenvalue weighted by atomic mass is 79.9. The van der Waals surface area contributed by atoms with Gasteiger partial charge in [0.05, 0.1) is 28.3 Å². The normalized spacial score (nSPS) is 12.7. The van der Waals surface area contributed by atoms with Crippen LogP contribution in [0.1, 0.15) is 20.8 Å². The first-order valence-electron chi connectivity index (χ1n) is 5.14. The minimum atomic E-state index is -3.27. The second-order valence-corrected chi connectivity index (χ2v) is 8.47. The number of nitro groups is 1. The Balaban J connectivity index is 2.83. The molecule has 18 heavy (non-hydrogen) atoms. The number of aromatic nitrogens is 2. The van der Waals surface area contributed by atoms with E-state index in [4.69, 9.17) is 0 Å². The number of hydrogen-bond acceptors (Lipinski definition) is 5. The van der Waals surface area contributed by atoms with Crippen molar-refractivity contribution in [3.63, 3.8) is 0 Å². The summed E-state index contributed by atoms with van der Waals surface area (Å²) in [4.78, 5) is 9.95. The van der Waals surface area contributed by atoms with Crippen molar-refractivity contribution >= 4 is 31.6 Å². The molecule has 0 aliphatic carbocycles. The zero-order valence-electron chi connectivity index (χ0n) is 10.3. The van der Waals surface area contributed by atoms with E-state index in [0.717, 1.165) is 0 Å². The fraction of sp³-hybridized carbons (Fsp3) is 0.667. The molecule has 0 atom stereocenters. The lowest BCUT2D eigenvalue weighted by atomic mass is 10.3. The zero-order valence-corrected chi connectivity index (χ0v) is 12.7. The third-order valence-corrected chi connectivity index (χ3v) is 5.54. The van der Waals surface area contributed by atoms with Crippen molar-refractivity contribution in [3.05, 3.63) is 20.8 Å². The highest BCUT2D eigenvalue weighted by molar-refractivity contribution is 9.10. The molecule has 1 heterocycles. The number of halogens is 1. The molecular formula is C9H14BrN3O4S. The lowest BCUT2D eigenvalue weighted by Gasteiger charge is -2.18. The average molecular weight is 340 g/mol. The number of rotatable bonds is 4. The van der Waals surface area contributed by atoms with Gasteiger partial charge in [-0.05, 0) is 41.6 Å². The molecular weight excluding hydrogens is 326 g/mol. The van der Waals surface area contributed by atoms with Crippen LogP contribution < -0.4 is 0 Å². The predicted octanol–water partition coefficient (Wildman–Crippen LogP) is 1.77. The molecule has 0 N–H and O–H groups in total. The molecule has 1 rings (SSSR count). The van der Waals surface area contributed by atoms with Crippen LogP contribution in [0.3, 0.4) is 0 Å². The number of hydrogen-bond donors (Lipinski definition) is 0. The van der Waals surface area contributed by atoms with Crippen LogP contribution in [-0.4, -0.2) is 33.6 Å². The molecule has 0 spiro atoms. The Labute approximate surface area is 113 Å². The van der Waals surface area contributed by atoms with Gasteiger partial charge in [0, 0.05) is 0 Å². The van der Waals surface area contributed by atoms with Gasteiger partial charge in [-0.15, -0.1) is 0 Å². The largest absolute Gasteiger partial charge is 0.404 e. The molecule has 9 heteroatoms. The third kappa shape index (κ3) is 3.29. The second kappa shape index (κ2) is 4.96. The lowest BCUT2D eigenvalue weighted by Crippen LogP contribution is -2.32.